The number of rotatable bonds is 5. The van der Waals surface area contributed by atoms with Crippen LogP contribution in [0.4, 0.5) is 10.3 Å². The average Bonchev–Trinajstić information content (AvgIpc) is 3.30. The molecule has 0 saturated carbocycles. The second-order valence-corrected chi connectivity index (χ2v) is 7.20. The van der Waals surface area contributed by atoms with Gasteiger partial charge in [-0.15, -0.1) is 10.2 Å². The van der Waals surface area contributed by atoms with Crippen LogP contribution in [-0.4, -0.2) is 55.2 Å². The molecule has 0 radical (unpaired) electrons. The van der Waals surface area contributed by atoms with Gasteiger partial charge in [-0.1, -0.05) is 13.8 Å². The lowest BCUT2D eigenvalue weighted by Gasteiger charge is -2.18. The molecule has 3 heterocycles. The predicted octanol–water partition coefficient (Wildman–Crippen LogP) is 2.15. The SMILES string of the molecule is CC(C)NC1CCN(c2ncc(-c3ccc(-n4cc(F)cn4)cc3O)nn2)C1. The number of halogens is 1. The number of hydrogen-bond donors (Lipinski definition) is 2. The minimum atomic E-state index is -0.443. The molecule has 28 heavy (non-hydrogen) atoms. The fourth-order valence-electron chi connectivity index (χ4n) is 3.41. The van der Waals surface area contributed by atoms with E-state index in [1.807, 2.05) is 0 Å². The van der Waals surface area contributed by atoms with E-state index in [2.05, 4.69) is 44.3 Å². The molecule has 1 aliphatic heterocycles. The van der Waals surface area contributed by atoms with Crippen LogP contribution in [0.25, 0.3) is 16.9 Å². The van der Waals surface area contributed by atoms with Crippen LogP contribution in [0.5, 0.6) is 5.75 Å². The number of benzene rings is 1. The fourth-order valence-corrected chi connectivity index (χ4v) is 3.41. The minimum absolute atomic E-state index is 0.000344. The lowest BCUT2D eigenvalue weighted by Crippen LogP contribution is -2.37. The Hall–Kier alpha value is -3.07. The van der Waals surface area contributed by atoms with Crippen molar-refractivity contribution in [1.29, 1.82) is 0 Å². The van der Waals surface area contributed by atoms with Crippen molar-refractivity contribution in [2.75, 3.05) is 18.0 Å². The van der Waals surface area contributed by atoms with E-state index < -0.39 is 5.82 Å². The first-order valence-electron chi connectivity index (χ1n) is 9.24. The summed E-state index contributed by atoms with van der Waals surface area (Å²) in [6.45, 7) is 6.00. The molecule has 1 aromatic carbocycles. The van der Waals surface area contributed by atoms with Crippen LogP contribution in [0, 0.1) is 5.82 Å². The molecule has 8 nitrogen and oxygen atoms in total. The number of nitrogens with zero attached hydrogens (tertiary/aromatic N) is 6. The Balaban J connectivity index is 1.50. The third kappa shape index (κ3) is 3.79. The Morgan fingerprint density at radius 1 is 1.25 bits per heavy atom. The zero-order valence-corrected chi connectivity index (χ0v) is 15.7. The number of nitrogens with one attached hydrogen (secondary N) is 1. The van der Waals surface area contributed by atoms with Crippen molar-refractivity contribution >= 4 is 5.95 Å². The van der Waals surface area contributed by atoms with E-state index in [4.69, 9.17) is 0 Å². The van der Waals surface area contributed by atoms with Crippen molar-refractivity contribution in [3.63, 3.8) is 0 Å². The van der Waals surface area contributed by atoms with Gasteiger partial charge in [-0.25, -0.2) is 14.1 Å². The Morgan fingerprint density at radius 3 is 2.75 bits per heavy atom. The highest BCUT2D eigenvalue weighted by Crippen LogP contribution is 2.29. The van der Waals surface area contributed by atoms with Crippen LogP contribution in [0.3, 0.4) is 0 Å². The van der Waals surface area contributed by atoms with Crippen LogP contribution in [-0.2, 0) is 0 Å². The van der Waals surface area contributed by atoms with Crippen LogP contribution < -0.4 is 10.2 Å². The molecule has 1 unspecified atom stereocenters. The maximum atomic E-state index is 13.1. The van der Waals surface area contributed by atoms with Gasteiger partial charge in [-0.2, -0.15) is 5.10 Å². The molecule has 9 heteroatoms. The summed E-state index contributed by atoms with van der Waals surface area (Å²) >= 11 is 0. The Morgan fingerprint density at radius 2 is 2.11 bits per heavy atom. The van der Waals surface area contributed by atoms with Crippen LogP contribution in [0.1, 0.15) is 20.3 Å². The summed E-state index contributed by atoms with van der Waals surface area (Å²) in [5.74, 6) is 0.140. The van der Waals surface area contributed by atoms with E-state index in [1.54, 1.807) is 18.3 Å². The van der Waals surface area contributed by atoms with Crippen molar-refractivity contribution in [2.45, 2.75) is 32.4 Å². The van der Waals surface area contributed by atoms with E-state index in [1.165, 1.54) is 16.9 Å². The lowest BCUT2D eigenvalue weighted by atomic mass is 10.1. The van der Waals surface area contributed by atoms with Gasteiger partial charge in [0, 0.05) is 36.8 Å². The molecule has 2 aromatic heterocycles. The number of hydrogen-bond acceptors (Lipinski definition) is 7. The van der Waals surface area contributed by atoms with Gasteiger partial charge in [0.05, 0.1) is 24.3 Å². The number of phenols is 1. The molecule has 1 fully saturated rings. The molecule has 3 aromatic rings. The Labute approximate surface area is 162 Å². The molecule has 0 amide bonds. The van der Waals surface area contributed by atoms with Crippen LogP contribution >= 0.6 is 0 Å². The van der Waals surface area contributed by atoms with Gasteiger partial charge in [0.15, 0.2) is 5.82 Å². The first kappa shape index (κ1) is 18.3. The summed E-state index contributed by atoms with van der Waals surface area (Å²) < 4.78 is 14.5. The second-order valence-electron chi connectivity index (χ2n) is 7.20. The van der Waals surface area contributed by atoms with Crippen LogP contribution in [0.2, 0.25) is 0 Å². The maximum absolute atomic E-state index is 13.1. The summed E-state index contributed by atoms with van der Waals surface area (Å²) in [5.41, 5.74) is 1.52. The molecule has 1 saturated heterocycles. The molecular formula is C19H22FN7O. The van der Waals surface area contributed by atoms with E-state index in [0.717, 1.165) is 25.7 Å². The number of aromatic nitrogens is 5. The Kier molecular flexibility index (Phi) is 4.91. The average molecular weight is 383 g/mol. The quantitative estimate of drug-likeness (QED) is 0.697. The summed E-state index contributed by atoms with van der Waals surface area (Å²) in [5, 5.41) is 26.2. The molecule has 1 aliphatic rings. The lowest BCUT2D eigenvalue weighted by molar-refractivity contribution is 0.476. The highest BCUT2D eigenvalue weighted by molar-refractivity contribution is 5.68. The first-order chi connectivity index (χ1) is 13.5. The van der Waals surface area contributed by atoms with E-state index in [-0.39, 0.29) is 5.75 Å². The van der Waals surface area contributed by atoms with Crippen molar-refractivity contribution < 1.29 is 9.50 Å². The normalized spacial score (nSPS) is 16.9. The highest BCUT2D eigenvalue weighted by atomic mass is 19.1. The third-order valence-corrected chi connectivity index (χ3v) is 4.66. The minimum Gasteiger partial charge on any atom is -0.507 e. The predicted molar refractivity (Wildman–Crippen MR) is 103 cm³/mol. The van der Waals surface area contributed by atoms with Crippen molar-refractivity contribution in [2.24, 2.45) is 0 Å². The van der Waals surface area contributed by atoms with E-state index >= 15 is 0 Å². The number of aromatic hydroxyl groups is 1. The van der Waals surface area contributed by atoms with Gasteiger partial charge < -0.3 is 15.3 Å². The van der Waals surface area contributed by atoms with Gasteiger partial charge in [-0.05, 0) is 18.6 Å². The monoisotopic (exact) mass is 383 g/mol. The topological polar surface area (TPSA) is 92.0 Å². The Bertz CT molecular complexity index is 957. The standard InChI is InChI=1S/C19H22FN7O/c1-12(2)23-14-5-6-26(11-14)19-21-9-17(24-25-19)16-4-3-15(7-18(16)28)27-10-13(20)8-22-27/h3-4,7-10,12,14,23,28H,5-6,11H2,1-2H3. The third-order valence-electron chi connectivity index (χ3n) is 4.66. The first-order valence-corrected chi connectivity index (χ1v) is 9.24. The van der Waals surface area contributed by atoms with Gasteiger partial charge in [0.2, 0.25) is 5.95 Å². The van der Waals surface area contributed by atoms with E-state index in [9.17, 15) is 9.50 Å². The molecule has 0 aliphatic carbocycles. The van der Waals surface area contributed by atoms with Crippen LogP contribution in [0.15, 0.2) is 36.8 Å². The van der Waals surface area contributed by atoms with Crippen molar-refractivity contribution in [3.8, 4) is 22.7 Å². The summed E-state index contributed by atoms with van der Waals surface area (Å²) in [7, 11) is 0. The second kappa shape index (κ2) is 7.51. The van der Waals surface area contributed by atoms with E-state index in [0.29, 0.717) is 35.0 Å². The van der Waals surface area contributed by atoms with Crippen molar-refractivity contribution in [1.82, 2.24) is 30.3 Å². The van der Waals surface area contributed by atoms with Gasteiger partial charge in [0.1, 0.15) is 11.4 Å². The molecule has 2 N–H and O–H groups in total. The van der Waals surface area contributed by atoms with Gasteiger partial charge in [0.25, 0.3) is 0 Å². The molecule has 146 valence electrons. The summed E-state index contributed by atoms with van der Waals surface area (Å²) in [4.78, 5) is 6.53. The molecule has 0 bridgehead atoms. The zero-order valence-electron chi connectivity index (χ0n) is 15.7. The summed E-state index contributed by atoms with van der Waals surface area (Å²) in [6.07, 6.45) is 4.99. The highest BCUT2D eigenvalue weighted by Gasteiger charge is 2.25. The summed E-state index contributed by atoms with van der Waals surface area (Å²) in [6, 6.07) is 5.77. The van der Waals surface area contributed by atoms with Gasteiger partial charge in [-0.3, -0.25) is 0 Å². The molecule has 0 spiro atoms. The fraction of sp³-hybridized carbons (Fsp3) is 0.368. The maximum Gasteiger partial charge on any atom is 0.245 e. The zero-order chi connectivity index (χ0) is 19.7. The number of anilines is 1. The number of phenolic OH excluding ortho intramolecular Hbond substituents is 1. The molecule has 1 atom stereocenters. The smallest absolute Gasteiger partial charge is 0.245 e. The molecule has 4 rings (SSSR count). The molecular weight excluding hydrogens is 361 g/mol. The van der Waals surface area contributed by atoms with Crippen molar-refractivity contribution in [3.05, 3.63) is 42.6 Å². The largest absolute Gasteiger partial charge is 0.507 e. The van der Waals surface area contributed by atoms with Gasteiger partial charge >= 0.3 is 0 Å².